The van der Waals surface area contributed by atoms with Crippen LogP contribution in [0.15, 0.2) is 23.8 Å². The Kier molecular flexibility index (Phi) is 5.21. The van der Waals surface area contributed by atoms with Gasteiger partial charge >= 0.3 is 0 Å². The van der Waals surface area contributed by atoms with Crippen molar-refractivity contribution >= 4 is 0 Å². The number of allylic oxidation sites excluding steroid dienone is 2. The van der Waals surface area contributed by atoms with Crippen LogP contribution in [0.4, 0.5) is 0 Å². The fourth-order valence-electron chi connectivity index (χ4n) is 9.25. The van der Waals surface area contributed by atoms with Gasteiger partial charge < -0.3 is 5.11 Å². The molecule has 0 spiro atoms. The minimum atomic E-state index is -0.104. The van der Waals surface area contributed by atoms with Gasteiger partial charge in [-0.1, -0.05) is 51.8 Å². The minimum absolute atomic E-state index is 0.104. The first-order valence-electron chi connectivity index (χ1n) is 12.5. The van der Waals surface area contributed by atoms with Crippen molar-refractivity contribution < 1.29 is 5.11 Å². The van der Waals surface area contributed by atoms with Crippen molar-refractivity contribution in [2.45, 2.75) is 112 Å². The molecule has 4 aliphatic carbocycles. The van der Waals surface area contributed by atoms with Crippen LogP contribution in [0, 0.1) is 39.4 Å². The monoisotopic (exact) mass is 398 g/mol. The molecule has 1 nitrogen and oxygen atoms in total. The summed E-state index contributed by atoms with van der Waals surface area (Å²) in [4.78, 5) is 0. The number of aliphatic hydroxyl groups is 1. The van der Waals surface area contributed by atoms with Crippen molar-refractivity contribution in [3.8, 4) is 0 Å². The number of aliphatic hydroxyl groups excluding tert-OH is 1. The molecular weight excluding hydrogens is 352 g/mol. The largest absolute Gasteiger partial charge is 0.393 e. The van der Waals surface area contributed by atoms with E-state index in [1.807, 2.05) is 0 Å². The highest BCUT2D eigenvalue weighted by molar-refractivity contribution is 5.30. The van der Waals surface area contributed by atoms with Gasteiger partial charge in [0.25, 0.3) is 0 Å². The maximum absolute atomic E-state index is 10.3. The third kappa shape index (κ3) is 2.89. The summed E-state index contributed by atoms with van der Waals surface area (Å²) < 4.78 is 0. The highest BCUT2D eigenvalue weighted by Gasteiger charge is 2.69. The maximum atomic E-state index is 10.3. The van der Waals surface area contributed by atoms with E-state index in [1.54, 1.807) is 5.57 Å². The quantitative estimate of drug-likeness (QED) is 0.481. The van der Waals surface area contributed by atoms with Crippen molar-refractivity contribution in [1.29, 1.82) is 0 Å². The molecule has 8 atom stereocenters. The summed E-state index contributed by atoms with van der Waals surface area (Å²) in [5, 5.41) is 10.3. The molecule has 3 fully saturated rings. The molecule has 0 aromatic rings. The molecule has 1 heteroatoms. The van der Waals surface area contributed by atoms with E-state index in [1.165, 1.54) is 56.9 Å². The van der Waals surface area contributed by atoms with Gasteiger partial charge in [0.1, 0.15) is 0 Å². The Bertz CT molecular complexity index is 705. The van der Waals surface area contributed by atoms with E-state index >= 15 is 0 Å². The van der Waals surface area contributed by atoms with Crippen LogP contribution in [0.25, 0.3) is 0 Å². The van der Waals surface area contributed by atoms with Gasteiger partial charge in [0.15, 0.2) is 0 Å². The summed E-state index contributed by atoms with van der Waals surface area (Å²) in [6.45, 7) is 19.5. The topological polar surface area (TPSA) is 20.2 Å². The van der Waals surface area contributed by atoms with Crippen molar-refractivity contribution in [1.82, 2.24) is 0 Å². The number of fused-ring (bicyclic) bond motifs is 5. The van der Waals surface area contributed by atoms with E-state index in [-0.39, 0.29) is 6.10 Å². The zero-order chi connectivity index (χ0) is 21.2. The minimum Gasteiger partial charge on any atom is -0.393 e. The molecule has 8 unspecified atom stereocenters. The lowest BCUT2D eigenvalue weighted by Crippen LogP contribution is -2.61. The van der Waals surface area contributed by atoms with Crippen LogP contribution in [0.3, 0.4) is 0 Å². The second-order valence-corrected chi connectivity index (χ2v) is 12.6. The lowest BCUT2D eigenvalue weighted by molar-refractivity contribution is -0.171. The van der Waals surface area contributed by atoms with E-state index < -0.39 is 0 Å². The van der Waals surface area contributed by atoms with E-state index in [9.17, 15) is 5.11 Å². The SMILES string of the molecule is C=C(C)CCC(C)C1CCC2(C)C1(C)CCC1C3(C)CCC(O)CC3=CCC12C. The van der Waals surface area contributed by atoms with Gasteiger partial charge in [-0.25, -0.2) is 0 Å². The molecular formula is C28H46O. The number of hydrogen-bond donors (Lipinski definition) is 1. The normalized spacial score (nSPS) is 50.2. The smallest absolute Gasteiger partial charge is 0.0577 e. The molecule has 1 N–H and O–H groups in total. The fraction of sp³-hybridized carbons (Fsp3) is 0.857. The molecule has 4 rings (SSSR count). The molecule has 29 heavy (non-hydrogen) atoms. The van der Waals surface area contributed by atoms with Crippen LogP contribution in [0.5, 0.6) is 0 Å². The second kappa shape index (κ2) is 6.98. The van der Waals surface area contributed by atoms with E-state index in [0.29, 0.717) is 21.7 Å². The molecule has 0 aliphatic heterocycles. The molecule has 0 saturated heterocycles. The van der Waals surface area contributed by atoms with Gasteiger partial charge in [-0.15, -0.1) is 6.58 Å². The first-order chi connectivity index (χ1) is 13.5. The van der Waals surface area contributed by atoms with Gasteiger partial charge in [-0.3, -0.25) is 0 Å². The van der Waals surface area contributed by atoms with Crippen LogP contribution >= 0.6 is 0 Å². The fourth-order valence-corrected chi connectivity index (χ4v) is 9.25. The summed E-state index contributed by atoms with van der Waals surface area (Å²) in [6.07, 6.45) is 14.9. The molecule has 0 radical (unpaired) electrons. The Hall–Kier alpha value is -0.560. The zero-order valence-corrected chi connectivity index (χ0v) is 20.1. The van der Waals surface area contributed by atoms with Gasteiger partial charge in [-0.05, 0) is 111 Å². The first-order valence-corrected chi connectivity index (χ1v) is 12.5. The highest BCUT2D eigenvalue weighted by atomic mass is 16.3. The molecule has 164 valence electrons. The summed E-state index contributed by atoms with van der Waals surface area (Å²) >= 11 is 0. The van der Waals surface area contributed by atoms with Gasteiger partial charge in [0.2, 0.25) is 0 Å². The Morgan fingerprint density at radius 2 is 1.83 bits per heavy atom. The lowest BCUT2D eigenvalue weighted by atomic mass is 9.36. The Labute approximate surface area is 180 Å². The third-order valence-corrected chi connectivity index (χ3v) is 11.5. The molecule has 3 saturated carbocycles. The number of rotatable bonds is 4. The average molecular weight is 399 g/mol. The van der Waals surface area contributed by atoms with Gasteiger partial charge in [0, 0.05) is 0 Å². The van der Waals surface area contributed by atoms with Gasteiger partial charge in [0.05, 0.1) is 6.10 Å². The summed E-state index contributed by atoms with van der Waals surface area (Å²) in [5.41, 5.74) is 4.53. The summed E-state index contributed by atoms with van der Waals surface area (Å²) in [6, 6.07) is 0. The zero-order valence-electron chi connectivity index (χ0n) is 20.1. The van der Waals surface area contributed by atoms with Crippen molar-refractivity contribution in [2.24, 2.45) is 39.4 Å². The van der Waals surface area contributed by atoms with Crippen molar-refractivity contribution in [2.75, 3.05) is 0 Å². The summed E-state index contributed by atoms with van der Waals surface area (Å²) in [5.74, 6) is 2.44. The van der Waals surface area contributed by atoms with Crippen LogP contribution < -0.4 is 0 Å². The highest BCUT2D eigenvalue weighted by Crippen LogP contribution is 2.77. The molecule has 0 bridgehead atoms. The standard InChI is InChI=1S/C28H46O/c1-19(2)8-9-20(3)23-12-17-28(7)26(23,5)16-13-24-25(4)14-11-22(29)18-21(25)10-15-27(24,28)6/h10,20,22-24,29H,1,8-9,11-18H2,2-7H3. The molecule has 0 heterocycles. The van der Waals surface area contributed by atoms with Crippen LogP contribution in [-0.4, -0.2) is 11.2 Å². The van der Waals surface area contributed by atoms with Crippen molar-refractivity contribution in [3.05, 3.63) is 23.8 Å². The molecule has 0 aromatic heterocycles. The number of hydrogen-bond acceptors (Lipinski definition) is 1. The lowest BCUT2D eigenvalue weighted by Gasteiger charge is -2.68. The second-order valence-electron chi connectivity index (χ2n) is 12.6. The predicted molar refractivity (Wildman–Crippen MR) is 124 cm³/mol. The Morgan fingerprint density at radius 1 is 1.10 bits per heavy atom. The Morgan fingerprint density at radius 3 is 2.52 bits per heavy atom. The van der Waals surface area contributed by atoms with E-state index in [4.69, 9.17) is 0 Å². The molecule has 0 aromatic carbocycles. The average Bonchev–Trinajstić information content (AvgIpc) is 2.93. The van der Waals surface area contributed by atoms with E-state index in [2.05, 4.69) is 54.2 Å². The van der Waals surface area contributed by atoms with E-state index in [0.717, 1.165) is 30.6 Å². The van der Waals surface area contributed by atoms with Crippen LogP contribution in [0.1, 0.15) is 106 Å². The third-order valence-electron chi connectivity index (χ3n) is 11.5. The Balaban J connectivity index is 1.67. The summed E-state index contributed by atoms with van der Waals surface area (Å²) in [7, 11) is 0. The van der Waals surface area contributed by atoms with Crippen molar-refractivity contribution in [3.63, 3.8) is 0 Å². The van der Waals surface area contributed by atoms with Gasteiger partial charge in [-0.2, -0.15) is 0 Å². The predicted octanol–water partition coefficient (Wildman–Crippen LogP) is 7.70. The first kappa shape index (κ1) is 21.7. The van der Waals surface area contributed by atoms with Crippen LogP contribution in [-0.2, 0) is 0 Å². The maximum Gasteiger partial charge on any atom is 0.0577 e. The molecule has 0 amide bonds. The van der Waals surface area contributed by atoms with Crippen LogP contribution in [0.2, 0.25) is 0 Å². The molecule has 4 aliphatic rings.